The summed E-state index contributed by atoms with van der Waals surface area (Å²) < 4.78 is 0. The van der Waals surface area contributed by atoms with E-state index >= 15 is 0 Å². The fourth-order valence-corrected chi connectivity index (χ4v) is 3.09. The lowest BCUT2D eigenvalue weighted by Gasteiger charge is -2.29. The van der Waals surface area contributed by atoms with E-state index in [1.165, 1.54) is 83.5 Å². The molecular weight excluding hydrogens is 216 g/mol. The summed E-state index contributed by atoms with van der Waals surface area (Å²) in [7, 11) is 0. The van der Waals surface area contributed by atoms with Crippen molar-refractivity contribution >= 4 is 0 Å². The SMILES string of the molecule is CCCCCCCCCC(C)(CCC)CCCC. The maximum absolute atomic E-state index is 2.53. The van der Waals surface area contributed by atoms with Gasteiger partial charge in [-0.15, -0.1) is 0 Å². The van der Waals surface area contributed by atoms with Gasteiger partial charge in [0.1, 0.15) is 0 Å². The van der Waals surface area contributed by atoms with Gasteiger partial charge in [0.2, 0.25) is 0 Å². The third-order valence-corrected chi connectivity index (χ3v) is 4.37. The summed E-state index contributed by atoms with van der Waals surface area (Å²) in [5.41, 5.74) is 0.647. The van der Waals surface area contributed by atoms with Gasteiger partial charge in [-0.05, 0) is 24.7 Å². The zero-order chi connectivity index (χ0) is 13.7. The van der Waals surface area contributed by atoms with Gasteiger partial charge in [-0.2, -0.15) is 0 Å². The summed E-state index contributed by atoms with van der Waals surface area (Å²) in [6.45, 7) is 9.49. The second kappa shape index (κ2) is 12.1. The summed E-state index contributed by atoms with van der Waals surface area (Å²) in [5.74, 6) is 0. The number of rotatable bonds is 13. The lowest BCUT2D eigenvalue weighted by molar-refractivity contribution is 0.230. The molecule has 0 saturated carbocycles. The highest BCUT2D eigenvalue weighted by molar-refractivity contribution is 4.73. The normalized spacial score (nSPS) is 14.7. The summed E-state index contributed by atoms with van der Waals surface area (Å²) in [6, 6.07) is 0. The monoisotopic (exact) mass is 254 g/mol. The van der Waals surface area contributed by atoms with Gasteiger partial charge >= 0.3 is 0 Å². The van der Waals surface area contributed by atoms with Crippen LogP contribution >= 0.6 is 0 Å². The lowest BCUT2D eigenvalue weighted by atomic mass is 9.76. The number of hydrogen-bond acceptors (Lipinski definition) is 0. The van der Waals surface area contributed by atoms with Gasteiger partial charge in [0.05, 0.1) is 0 Å². The fraction of sp³-hybridized carbons (Fsp3) is 1.00. The molecule has 0 heterocycles. The zero-order valence-corrected chi connectivity index (χ0v) is 13.7. The first-order valence-corrected chi connectivity index (χ1v) is 8.68. The van der Waals surface area contributed by atoms with Crippen molar-refractivity contribution < 1.29 is 0 Å². The average Bonchev–Trinajstić information content (AvgIpc) is 2.36. The topological polar surface area (TPSA) is 0 Å². The molecule has 0 aromatic carbocycles. The predicted octanol–water partition coefficient (Wildman–Crippen LogP) is 7.12. The molecule has 0 aliphatic rings. The Morgan fingerprint density at radius 1 is 0.500 bits per heavy atom. The van der Waals surface area contributed by atoms with Crippen molar-refractivity contribution in [2.24, 2.45) is 5.41 Å². The molecule has 0 nitrogen and oxygen atoms in total. The molecule has 0 rings (SSSR count). The minimum absolute atomic E-state index is 0.647. The van der Waals surface area contributed by atoms with E-state index in [0.717, 1.165) is 0 Å². The second-order valence-corrected chi connectivity index (χ2v) is 6.54. The highest BCUT2D eigenvalue weighted by Crippen LogP contribution is 2.35. The van der Waals surface area contributed by atoms with Crippen molar-refractivity contribution in [3.63, 3.8) is 0 Å². The number of unbranched alkanes of at least 4 members (excludes halogenated alkanes) is 7. The van der Waals surface area contributed by atoms with Crippen LogP contribution < -0.4 is 0 Å². The van der Waals surface area contributed by atoms with Crippen molar-refractivity contribution in [2.45, 2.75) is 111 Å². The van der Waals surface area contributed by atoms with Gasteiger partial charge in [-0.25, -0.2) is 0 Å². The van der Waals surface area contributed by atoms with Gasteiger partial charge in [0, 0.05) is 0 Å². The van der Waals surface area contributed by atoms with Crippen molar-refractivity contribution in [2.75, 3.05) is 0 Å². The van der Waals surface area contributed by atoms with Crippen LogP contribution in [0.3, 0.4) is 0 Å². The molecule has 0 N–H and O–H groups in total. The van der Waals surface area contributed by atoms with E-state index in [0.29, 0.717) is 5.41 Å². The Balaban J connectivity index is 3.62. The Morgan fingerprint density at radius 2 is 1.00 bits per heavy atom. The van der Waals surface area contributed by atoms with Crippen molar-refractivity contribution in [3.05, 3.63) is 0 Å². The Hall–Kier alpha value is 0. The molecule has 0 aromatic rings. The minimum atomic E-state index is 0.647. The largest absolute Gasteiger partial charge is 0.0654 e. The van der Waals surface area contributed by atoms with Crippen LogP contribution in [-0.2, 0) is 0 Å². The minimum Gasteiger partial charge on any atom is -0.0654 e. The van der Waals surface area contributed by atoms with Crippen LogP contribution in [-0.4, -0.2) is 0 Å². The lowest BCUT2D eigenvalue weighted by Crippen LogP contribution is -2.16. The van der Waals surface area contributed by atoms with Gasteiger partial charge in [-0.1, -0.05) is 91.9 Å². The third-order valence-electron chi connectivity index (χ3n) is 4.37. The Morgan fingerprint density at radius 3 is 1.56 bits per heavy atom. The van der Waals surface area contributed by atoms with E-state index in [4.69, 9.17) is 0 Å². The van der Waals surface area contributed by atoms with Gasteiger partial charge in [0.15, 0.2) is 0 Å². The molecule has 0 bridgehead atoms. The van der Waals surface area contributed by atoms with E-state index < -0.39 is 0 Å². The first-order chi connectivity index (χ1) is 8.68. The van der Waals surface area contributed by atoms with E-state index in [9.17, 15) is 0 Å². The van der Waals surface area contributed by atoms with E-state index in [1.54, 1.807) is 0 Å². The van der Waals surface area contributed by atoms with Crippen LogP contribution in [0.5, 0.6) is 0 Å². The highest BCUT2D eigenvalue weighted by atomic mass is 14.3. The Kier molecular flexibility index (Phi) is 12.1. The maximum atomic E-state index is 2.53. The zero-order valence-electron chi connectivity index (χ0n) is 13.7. The molecule has 0 amide bonds. The number of hydrogen-bond donors (Lipinski definition) is 0. The highest BCUT2D eigenvalue weighted by Gasteiger charge is 2.21. The molecule has 0 radical (unpaired) electrons. The van der Waals surface area contributed by atoms with Gasteiger partial charge in [-0.3, -0.25) is 0 Å². The molecule has 0 aromatic heterocycles. The van der Waals surface area contributed by atoms with Crippen LogP contribution in [0.15, 0.2) is 0 Å². The first kappa shape index (κ1) is 18.0. The van der Waals surface area contributed by atoms with Crippen molar-refractivity contribution in [1.29, 1.82) is 0 Å². The summed E-state index contributed by atoms with van der Waals surface area (Å²) in [4.78, 5) is 0. The van der Waals surface area contributed by atoms with Crippen molar-refractivity contribution in [1.82, 2.24) is 0 Å². The molecular formula is C18H38. The Bertz CT molecular complexity index is 161. The molecule has 0 aliphatic heterocycles. The van der Waals surface area contributed by atoms with Crippen molar-refractivity contribution in [3.8, 4) is 0 Å². The molecule has 0 aliphatic carbocycles. The van der Waals surface area contributed by atoms with Gasteiger partial charge in [0.25, 0.3) is 0 Å². The van der Waals surface area contributed by atoms with Crippen LogP contribution in [0.2, 0.25) is 0 Å². The van der Waals surface area contributed by atoms with E-state index in [-0.39, 0.29) is 0 Å². The van der Waals surface area contributed by atoms with E-state index in [1.807, 2.05) is 0 Å². The molecule has 0 saturated heterocycles. The standard InChI is InChI=1S/C18H38/c1-5-8-10-11-12-13-14-17-18(4,15-7-3)16-9-6-2/h5-17H2,1-4H3. The van der Waals surface area contributed by atoms with E-state index in [2.05, 4.69) is 27.7 Å². The average molecular weight is 255 g/mol. The summed E-state index contributed by atoms with van der Waals surface area (Å²) >= 11 is 0. The predicted molar refractivity (Wildman–Crippen MR) is 85.2 cm³/mol. The first-order valence-electron chi connectivity index (χ1n) is 8.68. The summed E-state index contributed by atoms with van der Waals surface area (Å²) in [6.07, 6.45) is 18.6. The third kappa shape index (κ3) is 9.97. The van der Waals surface area contributed by atoms with Crippen LogP contribution in [0.1, 0.15) is 111 Å². The maximum Gasteiger partial charge on any atom is -0.0326 e. The summed E-state index contributed by atoms with van der Waals surface area (Å²) in [5, 5.41) is 0. The molecule has 18 heavy (non-hydrogen) atoms. The molecule has 0 spiro atoms. The van der Waals surface area contributed by atoms with Crippen LogP contribution in [0, 0.1) is 5.41 Å². The fourth-order valence-electron chi connectivity index (χ4n) is 3.09. The van der Waals surface area contributed by atoms with Crippen LogP contribution in [0.4, 0.5) is 0 Å². The molecule has 0 fully saturated rings. The van der Waals surface area contributed by atoms with Gasteiger partial charge < -0.3 is 0 Å². The molecule has 0 heteroatoms. The molecule has 110 valence electrons. The molecule has 1 unspecified atom stereocenters. The second-order valence-electron chi connectivity index (χ2n) is 6.54. The quantitative estimate of drug-likeness (QED) is 0.307. The van der Waals surface area contributed by atoms with Crippen LogP contribution in [0.25, 0.3) is 0 Å². The Labute approximate surface area is 117 Å². The smallest absolute Gasteiger partial charge is 0.0326 e. The molecule has 1 atom stereocenters.